The number of halogens is 1. The first-order valence-electron chi connectivity index (χ1n) is 4.61. The maximum atomic E-state index is 10.5. The molecule has 1 aromatic rings. The van der Waals surface area contributed by atoms with Crippen molar-refractivity contribution >= 4 is 5.69 Å². The zero-order valence-corrected chi connectivity index (χ0v) is 11.0. The van der Waals surface area contributed by atoms with Crippen molar-refractivity contribution in [3.63, 3.8) is 0 Å². The summed E-state index contributed by atoms with van der Waals surface area (Å²) in [6.07, 6.45) is 1.41. The van der Waals surface area contributed by atoms with E-state index in [4.69, 9.17) is 23.2 Å². The van der Waals surface area contributed by atoms with E-state index < -0.39 is 15.2 Å². The average Bonchev–Trinajstić information content (AvgIpc) is 2.42. The smallest absolute Gasteiger partial charge is 0.258 e. The first-order valence-corrected chi connectivity index (χ1v) is 5.85. The van der Waals surface area contributed by atoms with Crippen LogP contribution >= 0.6 is 0 Å². The Morgan fingerprint density at radius 3 is 1.83 bits per heavy atom. The van der Waals surface area contributed by atoms with Gasteiger partial charge in [0.25, 0.3) is 12.0 Å². The minimum atomic E-state index is -4.94. The molecular formula is C8H13ClN2O7. The molecular weight excluding hydrogens is 272 g/mol. The third-order valence-corrected chi connectivity index (χ3v) is 1.69. The van der Waals surface area contributed by atoms with Gasteiger partial charge < -0.3 is 0 Å². The fourth-order valence-electron chi connectivity index (χ4n) is 0.929. The van der Waals surface area contributed by atoms with Crippen molar-refractivity contribution in [2.24, 2.45) is 0 Å². The molecule has 0 radical (unpaired) electrons. The van der Waals surface area contributed by atoms with E-state index in [1.165, 1.54) is 10.9 Å². The Balaban J connectivity index is 0.000000494. The summed E-state index contributed by atoms with van der Waals surface area (Å²) in [5.74, 6) is 0.333. The summed E-state index contributed by atoms with van der Waals surface area (Å²) in [4.78, 5) is 10.1. The van der Waals surface area contributed by atoms with E-state index in [9.17, 15) is 10.1 Å². The Morgan fingerprint density at radius 1 is 1.28 bits per heavy atom. The Morgan fingerprint density at radius 2 is 1.67 bits per heavy atom. The molecule has 10 heteroatoms. The van der Waals surface area contributed by atoms with Crippen LogP contribution in [-0.4, -0.2) is 4.92 Å². The summed E-state index contributed by atoms with van der Waals surface area (Å²) in [7, 11) is -4.94. The molecule has 1 aromatic heterocycles. The molecule has 0 atom stereocenters. The van der Waals surface area contributed by atoms with Gasteiger partial charge in [0.2, 0.25) is 5.54 Å². The molecule has 0 spiro atoms. The summed E-state index contributed by atoms with van der Waals surface area (Å²) >= 11 is 0. The van der Waals surface area contributed by atoms with Crippen molar-refractivity contribution in [3.8, 4) is 0 Å². The number of hydrogen-bond donors (Lipinski definition) is 0. The van der Waals surface area contributed by atoms with Gasteiger partial charge in [0.15, 0.2) is 0 Å². The lowest BCUT2D eigenvalue weighted by atomic mass is 10.1. The molecule has 0 saturated carbocycles. The van der Waals surface area contributed by atoms with E-state index in [2.05, 4.69) is 0 Å². The van der Waals surface area contributed by atoms with Crippen LogP contribution in [0.3, 0.4) is 0 Å². The van der Waals surface area contributed by atoms with Crippen LogP contribution in [0.15, 0.2) is 10.7 Å². The summed E-state index contributed by atoms with van der Waals surface area (Å²) in [6.45, 7) is 7.33. The molecule has 0 aromatic carbocycles. The number of aryl methyl sites for hydroxylation is 1. The second kappa shape index (κ2) is 5.59. The predicted octanol–water partition coefficient (Wildman–Crippen LogP) is -3.22. The predicted molar refractivity (Wildman–Crippen MR) is 45.3 cm³/mol. The minimum Gasteiger partial charge on any atom is -0.258 e. The quantitative estimate of drug-likeness (QED) is 0.299. The maximum Gasteiger partial charge on any atom is 0.381 e. The van der Waals surface area contributed by atoms with Gasteiger partial charge in [-0.2, -0.15) is 0 Å². The Bertz CT molecular complexity index is 412. The van der Waals surface area contributed by atoms with Gasteiger partial charge in [-0.3, -0.25) is 10.1 Å². The van der Waals surface area contributed by atoms with E-state index in [-0.39, 0.29) is 11.2 Å². The fourth-order valence-corrected chi connectivity index (χ4v) is 0.929. The molecule has 0 amide bonds. The minimum absolute atomic E-state index is 0.0231. The maximum absolute atomic E-state index is 10.5. The van der Waals surface area contributed by atoms with Gasteiger partial charge in [-0.25, -0.2) is 23.2 Å². The number of rotatable bonds is 1. The second-order valence-electron chi connectivity index (χ2n) is 4.29. The van der Waals surface area contributed by atoms with Crippen LogP contribution < -0.4 is 23.4 Å². The van der Waals surface area contributed by atoms with Gasteiger partial charge in [0.1, 0.15) is 0 Å². The highest BCUT2D eigenvalue weighted by molar-refractivity contribution is 5.25. The lowest BCUT2D eigenvalue weighted by Gasteiger charge is -2.17. The number of nitro groups is 1. The Kier molecular flexibility index (Phi) is 5.20. The zero-order chi connectivity index (χ0) is 14.7. The van der Waals surface area contributed by atoms with Crippen LogP contribution in [0.25, 0.3) is 0 Å². The normalized spacial score (nSPS) is 11.8. The first-order chi connectivity index (χ1) is 7.82. The van der Waals surface area contributed by atoms with Crippen molar-refractivity contribution in [1.29, 1.82) is 0 Å². The molecule has 0 N–H and O–H groups in total. The van der Waals surface area contributed by atoms with Gasteiger partial charge in [0, 0.05) is 27.7 Å². The molecule has 9 nitrogen and oxygen atoms in total. The molecule has 0 aliphatic rings. The van der Waals surface area contributed by atoms with Crippen LogP contribution in [0.1, 0.15) is 26.5 Å². The van der Waals surface area contributed by atoms with E-state index in [1.807, 2.05) is 20.8 Å². The largest absolute Gasteiger partial charge is 0.381 e. The van der Waals surface area contributed by atoms with Gasteiger partial charge >= 0.3 is 5.69 Å². The molecule has 18 heavy (non-hydrogen) atoms. The van der Waals surface area contributed by atoms with E-state index in [1.54, 1.807) is 6.92 Å². The highest BCUT2D eigenvalue weighted by Gasteiger charge is 2.32. The van der Waals surface area contributed by atoms with Crippen molar-refractivity contribution in [2.75, 3.05) is 0 Å². The average molecular weight is 285 g/mol. The number of aromatic nitrogens is 1. The Hall–Kier alpha value is -1.26. The molecule has 1 rings (SSSR count). The number of nitrogens with zero attached hydrogens (tertiary/aromatic N) is 2. The summed E-state index contributed by atoms with van der Waals surface area (Å²) in [5, 5.41) is 10.5. The highest BCUT2D eigenvalue weighted by atomic mass is 35.7. The molecule has 0 bridgehead atoms. The first kappa shape index (κ1) is 16.7. The van der Waals surface area contributed by atoms with Crippen molar-refractivity contribution < 1.29 is 43.1 Å². The molecule has 0 unspecified atom stereocenters. The fraction of sp³-hybridized carbons (Fsp3) is 0.625. The van der Waals surface area contributed by atoms with Crippen LogP contribution in [0, 0.1) is 27.3 Å². The van der Waals surface area contributed by atoms with E-state index >= 15 is 0 Å². The summed E-state index contributed by atoms with van der Waals surface area (Å²) in [6, 6.07) is 0. The van der Waals surface area contributed by atoms with Gasteiger partial charge in [-0.05, 0) is 4.74 Å². The second-order valence-corrected chi connectivity index (χ2v) is 5.05. The monoisotopic (exact) mass is 284 g/mol. The lowest BCUT2D eigenvalue weighted by Crippen LogP contribution is -2.68. The number of hydrogen-bond acceptors (Lipinski definition) is 7. The molecule has 0 aliphatic heterocycles. The molecule has 0 saturated heterocycles. The van der Waals surface area contributed by atoms with Gasteiger partial charge in [-0.15, -0.1) is 10.2 Å². The van der Waals surface area contributed by atoms with Gasteiger partial charge in [0.05, 0.1) is 4.92 Å². The van der Waals surface area contributed by atoms with Crippen molar-refractivity contribution in [3.05, 3.63) is 22.1 Å². The molecule has 0 fully saturated rings. The van der Waals surface area contributed by atoms with Crippen LogP contribution in [0.4, 0.5) is 5.69 Å². The molecule has 1 heterocycles. The highest BCUT2D eigenvalue weighted by Crippen LogP contribution is 2.17. The van der Waals surface area contributed by atoms with Crippen LogP contribution in [0.2, 0.25) is 0 Å². The van der Waals surface area contributed by atoms with Crippen molar-refractivity contribution in [2.45, 2.75) is 33.2 Å². The van der Waals surface area contributed by atoms with Gasteiger partial charge in [-0.1, -0.05) is 0 Å². The Labute approximate surface area is 105 Å². The summed E-state index contributed by atoms with van der Waals surface area (Å²) in [5.41, 5.74) is -0.242. The molecule has 104 valence electrons. The standard InChI is InChI=1S/C8H13N2O3.ClHO4/c1-6-7(10(11)12)5-9(13-6)8(2,3)4;2-1(3,4)5/h5H,1-4H3;(H,2,3,4,5)/q+1;/p-1. The van der Waals surface area contributed by atoms with Crippen LogP contribution in [0.5, 0.6) is 0 Å². The molecule has 0 aliphatic carbocycles. The van der Waals surface area contributed by atoms with Crippen LogP contribution in [-0.2, 0) is 5.54 Å². The SMILES string of the molecule is Cc1o[n+](C(C)(C)C)cc1[N+](=O)[O-].[O-][Cl+3]([O-])([O-])[O-]. The zero-order valence-electron chi connectivity index (χ0n) is 10.2. The van der Waals surface area contributed by atoms with E-state index in [0.717, 1.165) is 0 Å². The third kappa shape index (κ3) is 6.47. The summed E-state index contributed by atoms with van der Waals surface area (Å²) < 4.78 is 40.7. The lowest BCUT2D eigenvalue weighted by molar-refractivity contribution is -2.00. The van der Waals surface area contributed by atoms with E-state index in [0.29, 0.717) is 5.76 Å². The topological polar surface area (TPSA) is 152 Å². The third-order valence-electron chi connectivity index (χ3n) is 1.69. The van der Waals surface area contributed by atoms with Crippen molar-refractivity contribution in [1.82, 2.24) is 0 Å².